The van der Waals surface area contributed by atoms with Gasteiger partial charge in [0, 0.05) is 16.7 Å². The lowest BCUT2D eigenvalue weighted by Gasteiger charge is -2.23. The van der Waals surface area contributed by atoms with Gasteiger partial charge in [-0.1, -0.05) is 84.9 Å². The van der Waals surface area contributed by atoms with Crippen LogP contribution in [-0.2, 0) is 4.57 Å². The Morgan fingerprint density at radius 2 is 1.00 bits per heavy atom. The molecular weight excluding hydrogens is 463 g/mol. The van der Waals surface area contributed by atoms with Crippen molar-refractivity contribution in [3.63, 3.8) is 0 Å². The lowest BCUT2D eigenvalue weighted by atomic mass is 10.2. The summed E-state index contributed by atoms with van der Waals surface area (Å²) in [6, 6.07) is 40.5. The summed E-state index contributed by atoms with van der Waals surface area (Å²) in [6.07, 6.45) is 0. The van der Waals surface area contributed by atoms with Gasteiger partial charge in [0.05, 0.1) is 5.30 Å². The fourth-order valence-corrected chi connectivity index (χ4v) is 6.97. The Labute approximate surface area is 212 Å². The molecule has 0 saturated carbocycles. The van der Waals surface area contributed by atoms with Gasteiger partial charge in [-0.05, 0) is 61.4 Å². The van der Waals surface area contributed by atoms with E-state index in [0.717, 1.165) is 27.5 Å². The minimum absolute atomic E-state index is 0.502. The van der Waals surface area contributed by atoms with Crippen molar-refractivity contribution in [2.45, 2.75) is 13.8 Å². The van der Waals surface area contributed by atoms with Crippen LogP contribution in [0.2, 0.25) is 0 Å². The molecule has 0 aliphatic heterocycles. The van der Waals surface area contributed by atoms with Gasteiger partial charge in [-0.3, -0.25) is 0 Å². The van der Waals surface area contributed by atoms with E-state index in [1.54, 1.807) is 0 Å². The number of hydrogen-bond acceptors (Lipinski definition) is 3. The minimum Gasteiger partial charge on any atom is -0.457 e. The highest BCUT2D eigenvalue weighted by molar-refractivity contribution is 7.85. The maximum atomic E-state index is 15.1. The Morgan fingerprint density at radius 1 is 0.500 bits per heavy atom. The maximum Gasteiger partial charge on any atom is 0.174 e. The second-order valence-corrected chi connectivity index (χ2v) is 11.5. The van der Waals surface area contributed by atoms with E-state index in [4.69, 9.17) is 9.47 Å². The molecule has 36 heavy (non-hydrogen) atoms. The molecule has 0 unspecified atom stereocenters. The monoisotopic (exact) mass is 490 g/mol. The molecule has 0 saturated heterocycles. The number of ether oxygens (including phenoxy) is 2. The van der Waals surface area contributed by atoms with Crippen LogP contribution in [0.3, 0.4) is 0 Å². The molecular formula is C32H27O3P. The normalized spacial score (nSPS) is 11.2. The second-order valence-electron chi connectivity index (χ2n) is 8.75. The zero-order chi connectivity index (χ0) is 25.0. The first-order valence-electron chi connectivity index (χ1n) is 11.9. The first-order chi connectivity index (χ1) is 17.5. The molecule has 0 N–H and O–H groups in total. The second kappa shape index (κ2) is 10.3. The molecule has 5 rings (SSSR count). The molecule has 0 aromatic heterocycles. The summed E-state index contributed by atoms with van der Waals surface area (Å²) in [6.45, 7) is 4.04. The molecule has 5 aromatic carbocycles. The summed E-state index contributed by atoms with van der Waals surface area (Å²) in [5.41, 5.74) is 2.19. The molecule has 0 heterocycles. The standard InChI is InChI=1S/C32H27O3P/c1-24-11-9-13-26(21-24)34-28-19-20-32(31(23-28)35-27-14-10-12-25(2)22-27)36(33,29-15-5-3-6-16-29)30-17-7-4-8-18-30/h3-23H,1-2H3. The van der Waals surface area contributed by atoms with Crippen LogP contribution in [0.15, 0.2) is 127 Å². The van der Waals surface area contributed by atoms with E-state index in [2.05, 4.69) is 0 Å². The van der Waals surface area contributed by atoms with Crippen LogP contribution in [0, 0.1) is 13.8 Å². The Balaban J connectivity index is 1.68. The predicted octanol–water partition coefficient (Wildman–Crippen LogP) is 7.53. The first-order valence-corrected chi connectivity index (χ1v) is 13.6. The molecule has 0 bridgehead atoms. The molecule has 178 valence electrons. The van der Waals surface area contributed by atoms with Crippen LogP contribution in [0.1, 0.15) is 11.1 Å². The Bertz CT molecular complexity index is 1480. The molecule has 0 spiro atoms. The molecule has 0 radical (unpaired) electrons. The van der Waals surface area contributed by atoms with E-state index < -0.39 is 7.14 Å². The maximum absolute atomic E-state index is 15.1. The number of aryl methyl sites for hydroxylation is 2. The smallest absolute Gasteiger partial charge is 0.174 e. The van der Waals surface area contributed by atoms with Crippen LogP contribution in [0.25, 0.3) is 0 Å². The van der Waals surface area contributed by atoms with Crippen LogP contribution in [0.5, 0.6) is 23.0 Å². The summed E-state index contributed by atoms with van der Waals surface area (Å²) in [4.78, 5) is 0. The van der Waals surface area contributed by atoms with Crippen molar-refractivity contribution in [3.8, 4) is 23.0 Å². The highest BCUT2D eigenvalue weighted by Crippen LogP contribution is 2.46. The number of rotatable bonds is 7. The summed E-state index contributed by atoms with van der Waals surface area (Å²) < 4.78 is 27.7. The van der Waals surface area contributed by atoms with Crippen LogP contribution in [0.4, 0.5) is 0 Å². The van der Waals surface area contributed by atoms with Crippen LogP contribution in [-0.4, -0.2) is 0 Å². The van der Waals surface area contributed by atoms with Gasteiger partial charge in [0.25, 0.3) is 0 Å². The molecule has 5 aromatic rings. The van der Waals surface area contributed by atoms with Gasteiger partial charge >= 0.3 is 0 Å². The summed E-state index contributed by atoms with van der Waals surface area (Å²) in [5.74, 6) is 2.52. The molecule has 0 atom stereocenters. The van der Waals surface area contributed by atoms with Crippen molar-refractivity contribution in [1.29, 1.82) is 0 Å². The summed E-state index contributed by atoms with van der Waals surface area (Å²) in [7, 11) is -3.25. The van der Waals surface area contributed by atoms with Crippen molar-refractivity contribution in [2.24, 2.45) is 0 Å². The lowest BCUT2D eigenvalue weighted by molar-refractivity contribution is 0.462. The molecule has 0 aliphatic carbocycles. The van der Waals surface area contributed by atoms with Gasteiger partial charge in [-0.2, -0.15) is 0 Å². The number of benzene rings is 5. The highest BCUT2D eigenvalue weighted by Gasteiger charge is 2.33. The van der Waals surface area contributed by atoms with E-state index >= 15 is 4.57 Å². The fraction of sp³-hybridized carbons (Fsp3) is 0.0625. The van der Waals surface area contributed by atoms with Gasteiger partial charge in [-0.15, -0.1) is 0 Å². The average Bonchev–Trinajstić information content (AvgIpc) is 2.89. The zero-order valence-corrected chi connectivity index (χ0v) is 21.2. The van der Waals surface area contributed by atoms with Crippen LogP contribution < -0.4 is 25.4 Å². The lowest BCUT2D eigenvalue weighted by Crippen LogP contribution is -2.26. The minimum atomic E-state index is -3.25. The van der Waals surface area contributed by atoms with Gasteiger partial charge in [0.2, 0.25) is 0 Å². The van der Waals surface area contributed by atoms with Crippen LogP contribution >= 0.6 is 7.14 Å². The van der Waals surface area contributed by atoms with Crippen molar-refractivity contribution < 1.29 is 14.0 Å². The summed E-state index contributed by atoms with van der Waals surface area (Å²) >= 11 is 0. The molecule has 0 amide bonds. The van der Waals surface area contributed by atoms with Gasteiger partial charge in [0.1, 0.15) is 23.0 Å². The SMILES string of the molecule is Cc1cccc(Oc2ccc(P(=O)(c3ccccc3)c3ccccc3)c(Oc3cccc(C)c3)c2)c1. The van der Waals surface area contributed by atoms with E-state index in [1.165, 1.54) is 0 Å². The number of hydrogen-bond donors (Lipinski definition) is 0. The van der Waals surface area contributed by atoms with Crippen molar-refractivity contribution in [2.75, 3.05) is 0 Å². The topological polar surface area (TPSA) is 35.5 Å². The van der Waals surface area contributed by atoms with E-state index in [9.17, 15) is 0 Å². The zero-order valence-electron chi connectivity index (χ0n) is 20.3. The molecule has 4 heteroatoms. The Morgan fingerprint density at radius 3 is 1.53 bits per heavy atom. The van der Waals surface area contributed by atoms with Gasteiger partial charge < -0.3 is 14.0 Å². The van der Waals surface area contributed by atoms with Gasteiger partial charge in [0.15, 0.2) is 7.14 Å². The Kier molecular flexibility index (Phi) is 6.75. The largest absolute Gasteiger partial charge is 0.457 e. The van der Waals surface area contributed by atoms with Crippen molar-refractivity contribution in [3.05, 3.63) is 139 Å². The molecule has 0 fully saturated rings. The van der Waals surface area contributed by atoms with Crippen molar-refractivity contribution in [1.82, 2.24) is 0 Å². The van der Waals surface area contributed by atoms with Crippen molar-refractivity contribution >= 4 is 23.1 Å². The third-order valence-corrected chi connectivity index (χ3v) is 9.05. The Hall–Kier alpha value is -4.07. The summed E-state index contributed by atoms with van der Waals surface area (Å²) in [5, 5.41) is 2.12. The van der Waals surface area contributed by atoms with E-state index in [-0.39, 0.29) is 0 Å². The fourth-order valence-electron chi connectivity index (χ4n) is 4.22. The predicted molar refractivity (Wildman–Crippen MR) is 148 cm³/mol. The third kappa shape index (κ3) is 4.98. The average molecular weight is 491 g/mol. The third-order valence-electron chi connectivity index (χ3n) is 5.95. The quantitative estimate of drug-likeness (QED) is 0.221. The van der Waals surface area contributed by atoms with Gasteiger partial charge in [-0.25, -0.2) is 0 Å². The van der Waals surface area contributed by atoms with E-state index in [0.29, 0.717) is 22.6 Å². The first kappa shape index (κ1) is 23.7. The highest BCUT2D eigenvalue weighted by atomic mass is 31.2. The molecule has 0 aliphatic rings. The molecule has 3 nitrogen and oxygen atoms in total. The van der Waals surface area contributed by atoms with E-state index in [1.807, 2.05) is 141 Å².